The van der Waals surface area contributed by atoms with Gasteiger partial charge < -0.3 is 19.4 Å². The summed E-state index contributed by atoms with van der Waals surface area (Å²) in [4.78, 5) is 25.4. The largest absolute Gasteiger partial charge is 0.458 e. The third-order valence-electron chi connectivity index (χ3n) is 4.42. The molecule has 2 aromatic rings. The maximum Gasteiger partial charge on any atom is 0.316 e. The lowest BCUT2D eigenvalue weighted by Gasteiger charge is -2.23. The molecular formula is C16H18N4O3. The summed E-state index contributed by atoms with van der Waals surface area (Å²) in [6.07, 6.45) is 6.57. The Kier molecular flexibility index (Phi) is 3.49. The van der Waals surface area contributed by atoms with Gasteiger partial charge in [-0.25, -0.2) is 9.97 Å². The first-order valence-electron chi connectivity index (χ1n) is 7.74. The van der Waals surface area contributed by atoms with Crippen molar-refractivity contribution in [3.05, 3.63) is 42.5 Å². The fraction of sp³-hybridized carbons (Fsp3) is 0.438. The minimum Gasteiger partial charge on any atom is -0.458 e. The second-order valence-corrected chi connectivity index (χ2v) is 6.03. The van der Waals surface area contributed by atoms with E-state index in [2.05, 4.69) is 15.0 Å². The van der Waals surface area contributed by atoms with E-state index in [0.29, 0.717) is 31.4 Å². The SMILES string of the molecule is O=C(c1ccc[nH]1)N1CC[C@]2(C[C@@H](Oc3ncccn3)CO2)C1. The van der Waals surface area contributed by atoms with E-state index in [1.54, 1.807) is 30.7 Å². The molecule has 2 saturated heterocycles. The summed E-state index contributed by atoms with van der Waals surface area (Å²) in [5.74, 6) is 0.0197. The van der Waals surface area contributed by atoms with Crippen molar-refractivity contribution in [2.24, 2.45) is 0 Å². The first-order valence-corrected chi connectivity index (χ1v) is 7.74. The Balaban J connectivity index is 1.38. The van der Waals surface area contributed by atoms with Crippen molar-refractivity contribution in [1.29, 1.82) is 0 Å². The van der Waals surface area contributed by atoms with E-state index in [0.717, 1.165) is 12.8 Å². The summed E-state index contributed by atoms with van der Waals surface area (Å²) in [5.41, 5.74) is 0.312. The number of amides is 1. The molecule has 1 spiro atoms. The van der Waals surface area contributed by atoms with Crippen molar-refractivity contribution < 1.29 is 14.3 Å². The Labute approximate surface area is 133 Å². The molecular weight excluding hydrogens is 296 g/mol. The van der Waals surface area contributed by atoms with Crippen molar-refractivity contribution in [3.63, 3.8) is 0 Å². The predicted molar refractivity (Wildman–Crippen MR) is 81.1 cm³/mol. The highest BCUT2D eigenvalue weighted by Gasteiger charge is 2.47. The van der Waals surface area contributed by atoms with E-state index in [9.17, 15) is 4.79 Å². The normalized spacial score (nSPS) is 26.8. The molecule has 0 radical (unpaired) electrons. The molecule has 0 aliphatic carbocycles. The van der Waals surface area contributed by atoms with Gasteiger partial charge in [0.25, 0.3) is 5.91 Å². The van der Waals surface area contributed by atoms with Crippen LogP contribution >= 0.6 is 0 Å². The van der Waals surface area contributed by atoms with Crippen LogP contribution in [-0.4, -0.2) is 57.2 Å². The summed E-state index contributed by atoms with van der Waals surface area (Å²) in [5, 5.41) is 0. The average molecular weight is 314 g/mol. The van der Waals surface area contributed by atoms with Crippen molar-refractivity contribution in [3.8, 4) is 6.01 Å². The van der Waals surface area contributed by atoms with Crippen LogP contribution < -0.4 is 4.74 Å². The van der Waals surface area contributed by atoms with Crippen molar-refractivity contribution in [2.75, 3.05) is 19.7 Å². The van der Waals surface area contributed by atoms with E-state index in [4.69, 9.17) is 9.47 Å². The second-order valence-electron chi connectivity index (χ2n) is 6.03. The van der Waals surface area contributed by atoms with Gasteiger partial charge >= 0.3 is 6.01 Å². The molecule has 4 rings (SSSR count). The number of hydrogen-bond donors (Lipinski definition) is 1. The fourth-order valence-electron chi connectivity index (χ4n) is 3.31. The zero-order valence-corrected chi connectivity index (χ0v) is 12.6. The van der Waals surface area contributed by atoms with E-state index in [1.165, 1.54) is 0 Å². The number of carbonyl (C=O) groups is 1. The van der Waals surface area contributed by atoms with Crippen LogP contribution in [0.1, 0.15) is 23.3 Å². The van der Waals surface area contributed by atoms with E-state index >= 15 is 0 Å². The number of aromatic nitrogens is 3. The van der Waals surface area contributed by atoms with Crippen LogP contribution in [0, 0.1) is 0 Å². The third-order valence-corrected chi connectivity index (χ3v) is 4.42. The first kappa shape index (κ1) is 14.2. The van der Waals surface area contributed by atoms with Crippen LogP contribution in [-0.2, 0) is 4.74 Å². The highest BCUT2D eigenvalue weighted by molar-refractivity contribution is 5.92. The highest BCUT2D eigenvalue weighted by atomic mass is 16.6. The minimum absolute atomic E-state index is 0.0197. The summed E-state index contributed by atoms with van der Waals surface area (Å²) in [6, 6.07) is 5.74. The third kappa shape index (κ3) is 2.79. The van der Waals surface area contributed by atoms with Crippen LogP contribution in [0.3, 0.4) is 0 Å². The molecule has 23 heavy (non-hydrogen) atoms. The lowest BCUT2D eigenvalue weighted by molar-refractivity contribution is 0.00968. The average Bonchev–Trinajstić information content (AvgIpc) is 3.31. The molecule has 1 N–H and O–H groups in total. The number of ether oxygens (including phenoxy) is 2. The van der Waals surface area contributed by atoms with Gasteiger partial charge in [0, 0.05) is 31.6 Å². The molecule has 2 aliphatic heterocycles. The molecule has 2 atom stereocenters. The standard InChI is InChI=1S/C16H18N4O3/c21-14(13-3-1-5-17-13)20-8-4-16(11-20)9-12(10-22-16)23-15-18-6-2-7-19-15/h1-3,5-7,12,17H,4,8-11H2/t12-,16+/m1/s1. The van der Waals surface area contributed by atoms with Crippen LogP contribution in [0.4, 0.5) is 0 Å². The maximum absolute atomic E-state index is 12.4. The fourth-order valence-corrected chi connectivity index (χ4v) is 3.31. The smallest absolute Gasteiger partial charge is 0.316 e. The molecule has 2 aliphatic rings. The molecule has 1 amide bonds. The first-order chi connectivity index (χ1) is 11.2. The molecule has 2 fully saturated rings. The van der Waals surface area contributed by atoms with Crippen LogP contribution in [0.25, 0.3) is 0 Å². The Morgan fingerprint density at radius 2 is 2.26 bits per heavy atom. The van der Waals surface area contributed by atoms with Gasteiger partial charge in [-0.05, 0) is 24.6 Å². The number of H-pyrrole nitrogens is 1. The van der Waals surface area contributed by atoms with Crippen molar-refractivity contribution in [1.82, 2.24) is 19.9 Å². The lowest BCUT2D eigenvalue weighted by Crippen LogP contribution is -2.36. The van der Waals surface area contributed by atoms with Gasteiger partial charge in [-0.15, -0.1) is 0 Å². The molecule has 4 heterocycles. The lowest BCUT2D eigenvalue weighted by atomic mass is 9.98. The highest BCUT2D eigenvalue weighted by Crippen LogP contribution is 2.36. The Morgan fingerprint density at radius 3 is 3.04 bits per heavy atom. The monoisotopic (exact) mass is 314 g/mol. The Morgan fingerprint density at radius 1 is 1.39 bits per heavy atom. The Hall–Kier alpha value is -2.41. The topological polar surface area (TPSA) is 80.3 Å². The van der Waals surface area contributed by atoms with Crippen LogP contribution in [0.5, 0.6) is 6.01 Å². The molecule has 0 bridgehead atoms. The van der Waals surface area contributed by atoms with Gasteiger partial charge in [0.05, 0.1) is 18.8 Å². The number of likely N-dealkylation sites (tertiary alicyclic amines) is 1. The van der Waals surface area contributed by atoms with Crippen molar-refractivity contribution >= 4 is 5.91 Å². The Bertz CT molecular complexity index is 676. The van der Waals surface area contributed by atoms with Gasteiger partial charge in [-0.1, -0.05) is 0 Å². The molecule has 0 saturated carbocycles. The van der Waals surface area contributed by atoms with Gasteiger partial charge in [0.1, 0.15) is 11.8 Å². The van der Waals surface area contributed by atoms with Crippen LogP contribution in [0.2, 0.25) is 0 Å². The molecule has 0 unspecified atom stereocenters. The van der Waals surface area contributed by atoms with Crippen LogP contribution in [0.15, 0.2) is 36.8 Å². The van der Waals surface area contributed by atoms with Gasteiger partial charge in [-0.3, -0.25) is 4.79 Å². The minimum atomic E-state index is -0.304. The zero-order valence-electron chi connectivity index (χ0n) is 12.6. The number of nitrogens with one attached hydrogen (secondary N) is 1. The second kappa shape index (κ2) is 5.66. The molecule has 2 aromatic heterocycles. The van der Waals surface area contributed by atoms with Gasteiger partial charge in [0.2, 0.25) is 0 Å². The summed E-state index contributed by atoms with van der Waals surface area (Å²) in [6.45, 7) is 1.80. The number of rotatable bonds is 3. The predicted octanol–water partition coefficient (Wildman–Crippen LogP) is 1.26. The number of nitrogens with zero attached hydrogens (tertiary/aromatic N) is 3. The molecule has 7 heteroatoms. The number of carbonyl (C=O) groups excluding carboxylic acids is 1. The van der Waals surface area contributed by atoms with E-state index in [-0.39, 0.29) is 17.6 Å². The van der Waals surface area contributed by atoms with Crippen molar-refractivity contribution in [2.45, 2.75) is 24.5 Å². The summed E-state index contributed by atoms with van der Waals surface area (Å²) in [7, 11) is 0. The van der Waals surface area contributed by atoms with Gasteiger partial charge in [-0.2, -0.15) is 0 Å². The molecule has 0 aromatic carbocycles. The maximum atomic E-state index is 12.4. The quantitative estimate of drug-likeness (QED) is 0.922. The number of aromatic amines is 1. The van der Waals surface area contributed by atoms with Gasteiger partial charge in [0.15, 0.2) is 0 Å². The molecule has 7 nitrogen and oxygen atoms in total. The summed E-state index contributed by atoms with van der Waals surface area (Å²) < 4.78 is 11.8. The van der Waals surface area contributed by atoms with E-state index in [1.807, 2.05) is 11.0 Å². The summed E-state index contributed by atoms with van der Waals surface area (Å²) >= 11 is 0. The zero-order chi connectivity index (χ0) is 15.7. The van der Waals surface area contributed by atoms with E-state index < -0.39 is 0 Å². The number of hydrogen-bond acceptors (Lipinski definition) is 5. The molecule has 120 valence electrons.